The number of hydrogen-bond acceptors (Lipinski definition) is 3. The summed E-state index contributed by atoms with van der Waals surface area (Å²) in [6, 6.07) is 27.1. The molecule has 1 atom stereocenters. The predicted molar refractivity (Wildman–Crippen MR) is 117 cm³/mol. The van der Waals surface area contributed by atoms with Gasteiger partial charge in [0.15, 0.2) is 0 Å². The van der Waals surface area contributed by atoms with Gasteiger partial charge in [-0.3, -0.25) is 4.90 Å². The van der Waals surface area contributed by atoms with Crippen LogP contribution in [0.4, 0.5) is 16.2 Å². The van der Waals surface area contributed by atoms with Crippen molar-refractivity contribution >= 4 is 17.5 Å². The second kappa shape index (κ2) is 8.39. The lowest BCUT2D eigenvalue weighted by molar-refractivity contribution is 0.175. The average Bonchev–Trinajstić information content (AvgIpc) is 2.78. The Morgan fingerprint density at radius 2 is 1.59 bits per heavy atom. The quantitative estimate of drug-likeness (QED) is 0.616. The van der Waals surface area contributed by atoms with Crippen LogP contribution in [0.3, 0.4) is 0 Å². The summed E-state index contributed by atoms with van der Waals surface area (Å²) >= 11 is 0. The first kappa shape index (κ1) is 19.1. The van der Waals surface area contributed by atoms with Gasteiger partial charge in [0.1, 0.15) is 0 Å². The van der Waals surface area contributed by atoms with Gasteiger partial charge in [-0.15, -0.1) is 0 Å². The number of nitrogens with one attached hydrogen (secondary N) is 1. The van der Waals surface area contributed by atoms with Gasteiger partial charge in [-0.2, -0.15) is 0 Å². The normalized spacial score (nSPS) is 15.7. The lowest BCUT2D eigenvalue weighted by Gasteiger charge is -2.35. The Morgan fingerprint density at radius 3 is 2.17 bits per heavy atom. The van der Waals surface area contributed by atoms with Crippen molar-refractivity contribution in [3.05, 3.63) is 95.6 Å². The molecule has 0 bridgehead atoms. The van der Waals surface area contributed by atoms with Crippen LogP contribution in [0, 0.1) is 0 Å². The van der Waals surface area contributed by atoms with Gasteiger partial charge in [-0.1, -0.05) is 66.7 Å². The van der Waals surface area contributed by atoms with E-state index in [1.165, 1.54) is 18.2 Å². The van der Waals surface area contributed by atoms with Crippen molar-refractivity contribution in [2.45, 2.75) is 31.8 Å². The fourth-order valence-electron chi connectivity index (χ4n) is 4.10. The van der Waals surface area contributed by atoms with Crippen LogP contribution in [0.2, 0.25) is 0 Å². The maximum absolute atomic E-state index is 12.4. The van der Waals surface area contributed by atoms with Gasteiger partial charge in [0, 0.05) is 11.7 Å². The zero-order chi connectivity index (χ0) is 20.2. The average molecular weight is 386 g/mol. The van der Waals surface area contributed by atoms with Gasteiger partial charge in [-0.05, 0) is 48.6 Å². The molecule has 148 valence electrons. The van der Waals surface area contributed by atoms with Gasteiger partial charge in [0.2, 0.25) is 0 Å². The first-order valence-corrected chi connectivity index (χ1v) is 10.0. The summed E-state index contributed by atoms with van der Waals surface area (Å²) in [5.41, 5.74) is 5.55. The van der Waals surface area contributed by atoms with E-state index in [4.69, 9.17) is 4.74 Å². The van der Waals surface area contributed by atoms with E-state index in [0.717, 1.165) is 29.8 Å². The standard InChI is InChI=1S/C25H26N2O2/c1-18-16-17-21-22(14-9-15-23(21)27(18)25(28)29-2)26-24(19-10-5-3-6-11-19)20-12-7-4-8-13-20/h3-15,18,24,26H,16-17H2,1-2H3/t18-/m0/s1. The fraction of sp³-hybridized carbons (Fsp3) is 0.240. The summed E-state index contributed by atoms with van der Waals surface area (Å²) in [6.45, 7) is 2.07. The van der Waals surface area contributed by atoms with E-state index in [2.05, 4.69) is 66.8 Å². The molecule has 1 amide bonds. The summed E-state index contributed by atoms with van der Waals surface area (Å²) in [4.78, 5) is 14.2. The number of nitrogens with zero attached hydrogens (tertiary/aromatic N) is 1. The molecule has 4 nitrogen and oxygen atoms in total. The van der Waals surface area contributed by atoms with Crippen LogP contribution >= 0.6 is 0 Å². The van der Waals surface area contributed by atoms with Crippen molar-refractivity contribution in [3.8, 4) is 0 Å². The molecule has 29 heavy (non-hydrogen) atoms. The number of anilines is 2. The summed E-state index contributed by atoms with van der Waals surface area (Å²) in [6.07, 6.45) is 1.52. The Morgan fingerprint density at radius 1 is 0.966 bits per heavy atom. The number of benzene rings is 3. The number of rotatable bonds is 4. The maximum Gasteiger partial charge on any atom is 0.414 e. The van der Waals surface area contributed by atoms with Crippen LogP contribution in [0.25, 0.3) is 0 Å². The molecular weight excluding hydrogens is 360 g/mol. The molecular formula is C25H26N2O2. The Kier molecular flexibility index (Phi) is 5.52. The third-order valence-electron chi connectivity index (χ3n) is 5.60. The number of methoxy groups -OCH3 is 1. The summed E-state index contributed by atoms with van der Waals surface area (Å²) in [5.74, 6) is 0. The molecule has 4 rings (SSSR count). The first-order chi connectivity index (χ1) is 14.2. The van der Waals surface area contributed by atoms with Gasteiger partial charge >= 0.3 is 6.09 Å². The van der Waals surface area contributed by atoms with Crippen LogP contribution in [-0.4, -0.2) is 19.2 Å². The molecule has 3 aromatic rings. The fourth-order valence-corrected chi connectivity index (χ4v) is 4.10. The van der Waals surface area contributed by atoms with Crippen LogP contribution < -0.4 is 10.2 Å². The van der Waals surface area contributed by atoms with Crippen molar-refractivity contribution in [2.75, 3.05) is 17.3 Å². The predicted octanol–water partition coefficient (Wildman–Crippen LogP) is 5.80. The number of hydrogen-bond donors (Lipinski definition) is 1. The molecule has 0 saturated carbocycles. The van der Waals surface area contributed by atoms with Crippen LogP contribution in [-0.2, 0) is 11.2 Å². The Labute approximate surface area is 172 Å². The molecule has 1 heterocycles. The Bertz CT molecular complexity index is 933. The number of amides is 1. The minimum Gasteiger partial charge on any atom is -0.452 e. The third-order valence-corrected chi connectivity index (χ3v) is 5.60. The van der Waals surface area contributed by atoms with E-state index in [1.54, 1.807) is 4.90 Å². The lowest BCUT2D eigenvalue weighted by Crippen LogP contribution is -2.42. The van der Waals surface area contributed by atoms with E-state index in [-0.39, 0.29) is 18.2 Å². The van der Waals surface area contributed by atoms with E-state index in [9.17, 15) is 4.79 Å². The Hall–Kier alpha value is -3.27. The highest BCUT2D eigenvalue weighted by molar-refractivity contribution is 5.91. The van der Waals surface area contributed by atoms with Crippen molar-refractivity contribution in [3.63, 3.8) is 0 Å². The second-order valence-corrected chi connectivity index (χ2v) is 7.43. The molecule has 0 aromatic heterocycles. The number of ether oxygens (including phenoxy) is 1. The minimum atomic E-state index is -0.307. The maximum atomic E-state index is 12.4. The third kappa shape index (κ3) is 3.83. The molecule has 0 spiro atoms. The van der Waals surface area contributed by atoms with Crippen LogP contribution in [0.15, 0.2) is 78.9 Å². The molecule has 3 aromatic carbocycles. The highest BCUT2D eigenvalue weighted by Crippen LogP contribution is 2.38. The van der Waals surface area contributed by atoms with E-state index >= 15 is 0 Å². The molecule has 1 N–H and O–H groups in total. The Balaban J connectivity index is 1.75. The number of carbonyl (C=O) groups is 1. The molecule has 0 saturated heterocycles. The molecule has 0 fully saturated rings. The molecule has 0 aliphatic carbocycles. The van der Waals surface area contributed by atoms with E-state index < -0.39 is 0 Å². The highest BCUT2D eigenvalue weighted by Gasteiger charge is 2.30. The molecule has 0 radical (unpaired) electrons. The molecule has 4 heteroatoms. The van der Waals surface area contributed by atoms with Gasteiger partial charge < -0.3 is 10.1 Å². The number of fused-ring (bicyclic) bond motifs is 1. The summed E-state index contributed by atoms with van der Waals surface area (Å²) in [7, 11) is 1.44. The zero-order valence-corrected chi connectivity index (χ0v) is 16.8. The monoisotopic (exact) mass is 386 g/mol. The molecule has 1 aliphatic heterocycles. The summed E-state index contributed by atoms with van der Waals surface area (Å²) in [5, 5.41) is 3.75. The largest absolute Gasteiger partial charge is 0.452 e. The van der Waals surface area contributed by atoms with Crippen molar-refractivity contribution in [2.24, 2.45) is 0 Å². The van der Waals surface area contributed by atoms with Gasteiger partial charge in [0.05, 0.1) is 18.8 Å². The topological polar surface area (TPSA) is 41.6 Å². The van der Waals surface area contributed by atoms with E-state index in [1.807, 2.05) is 24.3 Å². The highest BCUT2D eigenvalue weighted by atomic mass is 16.5. The van der Waals surface area contributed by atoms with Crippen molar-refractivity contribution in [1.29, 1.82) is 0 Å². The first-order valence-electron chi connectivity index (χ1n) is 10.0. The van der Waals surface area contributed by atoms with Gasteiger partial charge in [-0.25, -0.2) is 4.79 Å². The van der Waals surface area contributed by atoms with Gasteiger partial charge in [0.25, 0.3) is 0 Å². The minimum absolute atomic E-state index is 0.0230. The van der Waals surface area contributed by atoms with Crippen molar-refractivity contribution < 1.29 is 9.53 Å². The smallest absolute Gasteiger partial charge is 0.414 e. The van der Waals surface area contributed by atoms with Crippen molar-refractivity contribution in [1.82, 2.24) is 0 Å². The second-order valence-electron chi connectivity index (χ2n) is 7.43. The van der Waals surface area contributed by atoms with E-state index in [0.29, 0.717) is 0 Å². The van der Waals surface area contributed by atoms with Crippen LogP contribution in [0.1, 0.15) is 36.1 Å². The lowest BCUT2D eigenvalue weighted by atomic mass is 9.93. The summed E-state index contributed by atoms with van der Waals surface area (Å²) < 4.78 is 5.04. The van der Waals surface area contributed by atoms with Crippen LogP contribution in [0.5, 0.6) is 0 Å². The number of carbonyl (C=O) groups excluding carboxylic acids is 1. The SMILES string of the molecule is COC(=O)N1c2cccc(NC(c3ccccc3)c3ccccc3)c2CC[C@@H]1C. The zero-order valence-electron chi connectivity index (χ0n) is 16.8. The molecule has 0 unspecified atom stereocenters. The molecule has 1 aliphatic rings.